The summed E-state index contributed by atoms with van der Waals surface area (Å²) in [7, 11) is 0. The molecular formula is C16H29N3O. The molecule has 1 heterocycles. The molecule has 1 aliphatic rings. The summed E-state index contributed by atoms with van der Waals surface area (Å²) < 4.78 is 1.93. The van der Waals surface area contributed by atoms with Crippen molar-refractivity contribution < 1.29 is 5.11 Å². The first-order chi connectivity index (χ1) is 9.66. The van der Waals surface area contributed by atoms with Crippen LogP contribution in [0.2, 0.25) is 0 Å². The Labute approximate surface area is 122 Å². The van der Waals surface area contributed by atoms with E-state index in [1.165, 1.54) is 12.8 Å². The summed E-state index contributed by atoms with van der Waals surface area (Å²) in [5.74, 6) is 0. The van der Waals surface area contributed by atoms with Crippen LogP contribution < -0.4 is 0 Å². The molecule has 1 N–H and O–H groups in total. The van der Waals surface area contributed by atoms with Crippen molar-refractivity contribution in [3.8, 4) is 0 Å². The zero-order valence-corrected chi connectivity index (χ0v) is 13.2. The van der Waals surface area contributed by atoms with Gasteiger partial charge in [0, 0.05) is 24.7 Å². The van der Waals surface area contributed by atoms with Gasteiger partial charge >= 0.3 is 0 Å². The van der Waals surface area contributed by atoms with Crippen LogP contribution >= 0.6 is 0 Å². The first kappa shape index (κ1) is 15.5. The second kappa shape index (κ2) is 6.72. The number of aryl methyl sites for hydroxylation is 1. The maximum atomic E-state index is 10.9. The van der Waals surface area contributed by atoms with Crippen molar-refractivity contribution in [1.29, 1.82) is 0 Å². The van der Waals surface area contributed by atoms with Crippen molar-refractivity contribution in [2.75, 3.05) is 13.1 Å². The number of rotatable bonds is 7. The number of aliphatic hydroxyl groups is 1. The van der Waals surface area contributed by atoms with Gasteiger partial charge in [-0.3, -0.25) is 9.58 Å². The number of hydrogen-bond donors (Lipinski definition) is 1. The van der Waals surface area contributed by atoms with E-state index in [0.717, 1.165) is 44.5 Å². The molecule has 0 spiro atoms. The van der Waals surface area contributed by atoms with Crippen LogP contribution in [0.3, 0.4) is 0 Å². The summed E-state index contributed by atoms with van der Waals surface area (Å²) >= 11 is 0. The minimum atomic E-state index is -0.292. The zero-order valence-electron chi connectivity index (χ0n) is 13.2. The topological polar surface area (TPSA) is 41.3 Å². The van der Waals surface area contributed by atoms with E-state index in [2.05, 4.69) is 37.0 Å². The number of hydrogen-bond acceptors (Lipinski definition) is 3. The van der Waals surface area contributed by atoms with E-state index in [1.54, 1.807) is 0 Å². The van der Waals surface area contributed by atoms with Gasteiger partial charge in [0.05, 0.1) is 12.3 Å². The Morgan fingerprint density at radius 2 is 1.95 bits per heavy atom. The van der Waals surface area contributed by atoms with E-state index < -0.39 is 0 Å². The Morgan fingerprint density at radius 3 is 2.45 bits per heavy atom. The van der Waals surface area contributed by atoms with Crippen LogP contribution in [-0.4, -0.2) is 44.5 Å². The Morgan fingerprint density at radius 1 is 1.30 bits per heavy atom. The van der Waals surface area contributed by atoms with E-state index in [0.29, 0.717) is 0 Å². The predicted octanol–water partition coefficient (Wildman–Crippen LogP) is 2.46. The van der Waals surface area contributed by atoms with Crippen molar-refractivity contribution in [2.45, 2.75) is 71.1 Å². The smallest absolute Gasteiger partial charge is 0.0765 e. The highest BCUT2D eigenvalue weighted by Crippen LogP contribution is 2.39. The summed E-state index contributed by atoms with van der Waals surface area (Å²) in [5.41, 5.74) is 1.13. The van der Waals surface area contributed by atoms with Gasteiger partial charge in [-0.05, 0) is 38.4 Å². The quantitative estimate of drug-likeness (QED) is 0.833. The van der Waals surface area contributed by atoms with Crippen LogP contribution in [0.4, 0.5) is 0 Å². The molecule has 1 aromatic heterocycles. The number of aliphatic hydroxyl groups excluding tert-OH is 1. The first-order valence-electron chi connectivity index (χ1n) is 8.10. The van der Waals surface area contributed by atoms with Crippen LogP contribution in [0.5, 0.6) is 0 Å². The summed E-state index contributed by atoms with van der Waals surface area (Å²) in [6.45, 7) is 9.40. The molecule has 114 valence electrons. The van der Waals surface area contributed by atoms with Crippen molar-refractivity contribution >= 4 is 0 Å². The summed E-state index contributed by atoms with van der Waals surface area (Å²) in [6, 6.07) is 0. The maximum Gasteiger partial charge on any atom is 0.0765 e. The van der Waals surface area contributed by atoms with Crippen LogP contribution in [-0.2, 0) is 13.0 Å². The van der Waals surface area contributed by atoms with Crippen molar-refractivity contribution in [3.05, 3.63) is 18.0 Å². The van der Waals surface area contributed by atoms with Gasteiger partial charge in [-0.1, -0.05) is 26.7 Å². The standard InChI is InChI=1S/C16H29N3O/c1-4-18(5-2)16(9-7-8-10-16)15(20)11-14-12-17-19(6-3)13-14/h12-13,15,20H,4-11H2,1-3H3. The molecule has 0 bridgehead atoms. The molecule has 1 aliphatic carbocycles. The fraction of sp³-hybridized carbons (Fsp3) is 0.812. The van der Waals surface area contributed by atoms with Crippen molar-refractivity contribution in [1.82, 2.24) is 14.7 Å². The number of nitrogens with zero attached hydrogens (tertiary/aromatic N) is 3. The van der Waals surface area contributed by atoms with E-state index in [9.17, 15) is 5.11 Å². The lowest BCUT2D eigenvalue weighted by Gasteiger charge is -2.44. The highest BCUT2D eigenvalue weighted by molar-refractivity contribution is 5.10. The third kappa shape index (κ3) is 2.91. The Balaban J connectivity index is 2.12. The molecule has 1 fully saturated rings. The fourth-order valence-corrected chi connectivity index (χ4v) is 3.80. The van der Waals surface area contributed by atoms with E-state index >= 15 is 0 Å². The molecule has 0 amide bonds. The van der Waals surface area contributed by atoms with Crippen LogP contribution in [0, 0.1) is 0 Å². The number of aromatic nitrogens is 2. The third-order valence-corrected chi connectivity index (χ3v) is 4.92. The minimum Gasteiger partial charge on any atom is -0.391 e. The Bertz CT molecular complexity index is 406. The third-order valence-electron chi connectivity index (χ3n) is 4.92. The fourth-order valence-electron chi connectivity index (χ4n) is 3.80. The monoisotopic (exact) mass is 279 g/mol. The average molecular weight is 279 g/mol. The van der Waals surface area contributed by atoms with Gasteiger partial charge in [0.25, 0.3) is 0 Å². The number of likely N-dealkylation sites (N-methyl/N-ethyl adjacent to an activating group) is 1. The molecule has 0 saturated heterocycles. The van der Waals surface area contributed by atoms with E-state index in [4.69, 9.17) is 0 Å². The average Bonchev–Trinajstić information content (AvgIpc) is 3.10. The second-order valence-electron chi connectivity index (χ2n) is 5.91. The van der Waals surface area contributed by atoms with Gasteiger partial charge in [-0.2, -0.15) is 5.10 Å². The molecular weight excluding hydrogens is 250 g/mol. The molecule has 20 heavy (non-hydrogen) atoms. The summed E-state index contributed by atoms with van der Waals surface area (Å²) in [6.07, 6.45) is 9.11. The maximum absolute atomic E-state index is 10.9. The van der Waals surface area contributed by atoms with Gasteiger partial charge < -0.3 is 5.11 Å². The summed E-state index contributed by atoms with van der Waals surface area (Å²) in [5, 5.41) is 15.2. The lowest BCUT2D eigenvalue weighted by atomic mass is 9.85. The molecule has 1 unspecified atom stereocenters. The molecule has 1 aromatic rings. The second-order valence-corrected chi connectivity index (χ2v) is 5.91. The van der Waals surface area contributed by atoms with Crippen molar-refractivity contribution in [2.24, 2.45) is 0 Å². The molecule has 4 heteroatoms. The lowest BCUT2D eigenvalue weighted by molar-refractivity contribution is -0.0244. The van der Waals surface area contributed by atoms with Gasteiger partial charge in [-0.25, -0.2) is 0 Å². The van der Waals surface area contributed by atoms with Gasteiger partial charge in [0.15, 0.2) is 0 Å². The normalized spacial score (nSPS) is 19.6. The van der Waals surface area contributed by atoms with Crippen molar-refractivity contribution in [3.63, 3.8) is 0 Å². The minimum absolute atomic E-state index is 0.0161. The predicted molar refractivity (Wildman–Crippen MR) is 81.7 cm³/mol. The van der Waals surface area contributed by atoms with Gasteiger partial charge in [-0.15, -0.1) is 0 Å². The molecule has 0 aromatic carbocycles. The van der Waals surface area contributed by atoms with Crippen LogP contribution in [0.15, 0.2) is 12.4 Å². The van der Waals surface area contributed by atoms with E-state index in [1.807, 2.05) is 10.9 Å². The molecule has 4 nitrogen and oxygen atoms in total. The SMILES string of the molecule is CCN(CC)C1(C(O)Cc2cnn(CC)c2)CCCC1. The lowest BCUT2D eigenvalue weighted by Crippen LogP contribution is -2.55. The van der Waals surface area contributed by atoms with Gasteiger partial charge in [0.2, 0.25) is 0 Å². The Hall–Kier alpha value is -0.870. The highest BCUT2D eigenvalue weighted by Gasteiger charge is 2.44. The highest BCUT2D eigenvalue weighted by atomic mass is 16.3. The van der Waals surface area contributed by atoms with E-state index in [-0.39, 0.29) is 11.6 Å². The first-order valence-corrected chi connectivity index (χ1v) is 8.10. The van der Waals surface area contributed by atoms with Crippen LogP contribution in [0.1, 0.15) is 52.0 Å². The Kier molecular flexibility index (Phi) is 5.22. The largest absolute Gasteiger partial charge is 0.391 e. The molecule has 1 saturated carbocycles. The summed E-state index contributed by atoms with van der Waals surface area (Å²) in [4.78, 5) is 2.47. The molecule has 2 rings (SSSR count). The van der Waals surface area contributed by atoms with Gasteiger partial charge in [0.1, 0.15) is 0 Å². The van der Waals surface area contributed by atoms with Crippen LogP contribution in [0.25, 0.3) is 0 Å². The zero-order chi connectivity index (χ0) is 14.6. The molecule has 1 atom stereocenters. The molecule has 0 radical (unpaired) electrons. The molecule has 0 aliphatic heterocycles.